The van der Waals surface area contributed by atoms with Crippen LogP contribution in [-0.4, -0.2) is 6.61 Å². The lowest BCUT2D eigenvalue weighted by molar-refractivity contribution is 0.181. The Morgan fingerprint density at radius 1 is 1.45 bits per heavy atom. The number of rotatable bonds is 4. The third kappa shape index (κ3) is 3.91. The highest BCUT2D eigenvalue weighted by molar-refractivity contribution is 5.03. The van der Waals surface area contributed by atoms with Crippen molar-refractivity contribution in [2.75, 3.05) is 6.61 Å². The highest BCUT2D eigenvalue weighted by Gasteiger charge is 2.05. The fourth-order valence-electron chi connectivity index (χ4n) is 0.948. The first-order valence-corrected chi connectivity index (χ1v) is 4.18. The molecule has 0 aromatic rings. The van der Waals surface area contributed by atoms with E-state index in [9.17, 15) is 0 Å². The van der Waals surface area contributed by atoms with Crippen LogP contribution in [0.3, 0.4) is 0 Å². The van der Waals surface area contributed by atoms with Crippen LogP contribution in [0.4, 0.5) is 0 Å². The van der Waals surface area contributed by atoms with E-state index in [1.807, 2.05) is 6.92 Å². The summed E-state index contributed by atoms with van der Waals surface area (Å²) in [4.78, 5) is 0. The minimum Gasteiger partial charge on any atom is -0.496 e. The molecule has 0 aliphatic carbocycles. The van der Waals surface area contributed by atoms with Gasteiger partial charge in [0.15, 0.2) is 0 Å². The van der Waals surface area contributed by atoms with Crippen molar-refractivity contribution in [2.45, 2.75) is 34.1 Å². The largest absolute Gasteiger partial charge is 0.496 e. The Morgan fingerprint density at radius 2 is 2.00 bits per heavy atom. The summed E-state index contributed by atoms with van der Waals surface area (Å²) >= 11 is 0. The molecular formula is C9H19NO. The molecule has 0 saturated carbocycles. The van der Waals surface area contributed by atoms with E-state index in [1.165, 1.54) is 0 Å². The van der Waals surface area contributed by atoms with Gasteiger partial charge in [0.25, 0.3) is 0 Å². The molecule has 11 heavy (non-hydrogen) atoms. The molecule has 0 atom stereocenters. The topological polar surface area (TPSA) is 35.2 Å². The van der Waals surface area contributed by atoms with E-state index in [2.05, 4.69) is 20.8 Å². The second kappa shape index (κ2) is 5.05. The first kappa shape index (κ1) is 10.3. The Morgan fingerprint density at radius 3 is 2.27 bits per heavy atom. The maximum Gasteiger partial charge on any atom is 0.117 e. The average molecular weight is 157 g/mol. The van der Waals surface area contributed by atoms with Crippen LogP contribution in [0, 0.1) is 5.92 Å². The second-order valence-corrected chi connectivity index (χ2v) is 3.05. The van der Waals surface area contributed by atoms with Gasteiger partial charge in [0, 0.05) is 11.6 Å². The van der Waals surface area contributed by atoms with Crippen molar-refractivity contribution in [3.63, 3.8) is 0 Å². The molecule has 0 aromatic carbocycles. The maximum atomic E-state index is 5.63. The summed E-state index contributed by atoms with van der Waals surface area (Å²) in [6, 6.07) is 0. The van der Waals surface area contributed by atoms with E-state index < -0.39 is 0 Å². The molecule has 0 radical (unpaired) electrons. The number of nitrogens with two attached hydrogens (primary N) is 1. The number of hydrogen-bond acceptors (Lipinski definition) is 2. The van der Waals surface area contributed by atoms with Gasteiger partial charge >= 0.3 is 0 Å². The van der Waals surface area contributed by atoms with Gasteiger partial charge in [-0.1, -0.05) is 20.8 Å². The van der Waals surface area contributed by atoms with Crippen molar-refractivity contribution >= 4 is 0 Å². The second-order valence-electron chi connectivity index (χ2n) is 3.05. The molecule has 0 aromatic heterocycles. The zero-order chi connectivity index (χ0) is 8.85. The summed E-state index contributed by atoms with van der Waals surface area (Å²) in [6.07, 6.45) is 1.03. The zero-order valence-electron chi connectivity index (χ0n) is 7.98. The molecule has 2 N–H and O–H groups in total. The number of hydrogen-bond donors (Lipinski definition) is 1. The number of ether oxygens (including phenoxy) is 1. The zero-order valence-corrected chi connectivity index (χ0v) is 7.98. The van der Waals surface area contributed by atoms with Crippen molar-refractivity contribution in [1.29, 1.82) is 0 Å². The van der Waals surface area contributed by atoms with Crippen LogP contribution < -0.4 is 5.73 Å². The van der Waals surface area contributed by atoms with Gasteiger partial charge in [-0.15, -0.1) is 0 Å². The standard InChI is InChI=1S/C9H19NO/c1-5-6-11-9(7(2)3)8(4)10/h7H,5-6,10H2,1-4H3/b9-8-. The van der Waals surface area contributed by atoms with Crippen LogP contribution >= 0.6 is 0 Å². The maximum absolute atomic E-state index is 5.63. The van der Waals surface area contributed by atoms with E-state index in [0.29, 0.717) is 5.92 Å². The molecule has 0 aliphatic heterocycles. The van der Waals surface area contributed by atoms with Crippen LogP contribution in [0.25, 0.3) is 0 Å². The molecule has 0 rings (SSSR count). The van der Waals surface area contributed by atoms with Gasteiger partial charge in [-0.2, -0.15) is 0 Å². The van der Waals surface area contributed by atoms with E-state index in [-0.39, 0.29) is 0 Å². The van der Waals surface area contributed by atoms with Crippen LogP contribution in [0.15, 0.2) is 11.5 Å². The molecule has 0 fully saturated rings. The predicted octanol–water partition coefficient (Wildman–Crippen LogP) is 2.26. The summed E-state index contributed by atoms with van der Waals surface area (Å²) in [5.41, 5.74) is 6.43. The van der Waals surface area contributed by atoms with E-state index >= 15 is 0 Å². The number of allylic oxidation sites excluding steroid dienone is 2. The third-order valence-electron chi connectivity index (χ3n) is 1.37. The lowest BCUT2D eigenvalue weighted by Crippen LogP contribution is -2.08. The van der Waals surface area contributed by atoms with E-state index in [4.69, 9.17) is 10.5 Å². The highest BCUT2D eigenvalue weighted by Crippen LogP contribution is 2.13. The molecule has 0 bridgehead atoms. The molecule has 2 nitrogen and oxygen atoms in total. The van der Waals surface area contributed by atoms with Gasteiger partial charge in [-0.3, -0.25) is 0 Å². The molecule has 66 valence electrons. The van der Waals surface area contributed by atoms with Gasteiger partial charge in [-0.05, 0) is 13.3 Å². The first-order chi connectivity index (χ1) is 5.09. The molecule has 0 heterocycles. The lowest BCUT2D eigenvalue weighted by Gasteiger charge is -2.14. The Labute approximate surface area is 69.4 Å². The van der Waals surface area contributed by atoms with Crippen LogP contribution in [0.2, 0.25) is 0 Å². The lowest BCUT2D eigenvalue weighted by atomic mass is 10.1. The van der Waals surface area contributed by atoms with E-state index in [1.54, 1.807) is 0 Å². The van der Waals surface area contributed by atoms with Crippen molar-refractivity contribution in [2.24, 2.45) is 11.7 Å². The third-order valence-corrected chi connectivity index (χ3v) is 1.37. The summed E-state index contributed by atoms with van der Waals surface area (Å²) in [6.45, 7) is 8.90. The van der Waals surface area contributed by atoms with Crippen LogP contribution in [0.1, 0.15) is 34.1 Å². The van der Waals surface area contributed by atoms with Crippen molar-refractivity contribution in [3.8, 4) is 0 Å². The molecule has 0 unspecified atom stereocenters. The molecule has 0 spiro atoms. The molecule has 2 heteroatoms. The molecular weight excluding hydrogens is 138 g/mol. The molecule has 0 amide bonds. The average Bonchev–Trinajstić information content (AvgIpc) is 1.87. The van der Waals surface area contributed by atoms with Crippen molar-refractivity contribution in [3.05, 3.63) is 11.5 Å². The van der Waals surface area contributed by atoms with Gasteiger partial charge in [0.1, 0.15) is 5.76 Å². The predicted molar refractivity (Wildman–Crippen MR) is 48.0 cm³/mol. The first-order valence-electron chi connectivity index (χ1n) is 4.18. The summed E-state index contributed by atoms with van der Waals surface area (Å²) in [5.74, 6) is 1.33. The quantitative estimate of drug-likeness (QED) is 0.635. The Kier molecular flexibility index (Phi) is 4.75. The SMILES string of the molecule is CCCO/C(=C(/C)N)C(C)C. The summed E-state index contributed by atoms with van der Waals surface area (Å²) < 4.78 is 5.47. The monoisotopic (exact) mass is 157 g/mol. The smallest absolute Gasteiger partial charge is 0.117 e. The fourth-order valence-corrected chi connectivity index (χ4v) is 0.948. The Bertz CT molecular complexity index is 134. The summed E-state index contributed by atoms with van der Waals surface area (Å²) in [7, 11) is 0. The minimum atomic E-state index is 0.395. The Hall–Kier alpha value is -0.660. The van der Waals surface area contributed by atoms with Gasteiger partial charge < -0.3 is 10.5 Å². The Balaban J connectivity index is 4.03. The van der Waals surface area contributed by atoms with Crippen molar-refractivity contribution < 1.29 is 4.74 Å². The minimum absolute atomic E-state index is 0.395. The van der Waals surface area contributed by atoms with E-state index in [0.717, 1.165) is 24.5 Å². The fraction of sp³-hybridized carbons (Fsp3) is 0.778. The normalized spacial score (nSPS) is 13.2. The highest BCUT2D eigenvalue weighted by atomic mass is 16.5. The van der Waals surface area contributed by atoms with Crippen molar-refractivity contribution in [1.82, 2.24) is 0 Å². The molecule has 0 saturated heterocycles. The molecule has 0 aliphatic rings. The van der Waals surface area contributed by atoms with Gasteiger partial charge in [0.05, 0.1) is 6.61 Å². The van der Waals surface area contributed by atoms with Gasteiger partial charge in [0.2, 0.25) is 0 Å². The summed E-state index contributed by atoms with van der Waals surface area (Å²) in [5, 5.41) is 0. The van der Waals surface area contributed by atoms with Crippen LogP contribution in [-0.2, 0) is 4.74 Å². The van der Waals surface area contributed by atoms with Crippen LogP contribution in [0.5, 0.6) is 0 Å². The van der Waals surface area contributed by atoms with Gasteiger partial charge in [-0.25, -0.2) is 0 Å².